The van der Waals surface area contributed by atoms with E-state index in [0.717, 1.165) is 5.56 Å². The van der Waals surface area contributed by atoms with Crippen molar-refractivity contribution in [3.63, 3.8) is 0 Å². The summed E-state index contributed by atoms with van der Waals surface area (Å²) in [5, 5.41) is 6.65. The molecule has 2 saturated heterocycles. The molecule has 4 rings (SSSR count). The number of rotatable bonds is 2. The smallest absolute Gasteiger partial charge is 0.254 e. The fourth-order valence-corrected chi connectivity index (χ4v) is 4.21. The maximum absolute atomic E-state index is 12.7. The van der Waals surface area contributed by atoms with Crippen LogP contribution in [0.25, 0.3) is 0 Å². The number of carbonyl (C=O) groups is 2. The molecule has 0 aliphatic carbocycles. The van der Waals surface area contributed by atoms with Crippen molar-refractivity contribution >= 4 is 23.2 Å². The molecule has 24 heavy (non-hydrogen) atoms. The number of hydrogen-bond donors (Lipinski definition) is 1. The van der Waals surface area contributed by atoms with Gasteiger partial charge in [0.25, 0.3) is 11.8 Å². The summed E-state index contributed by atoms with van der Waals surface area (Å²) in [7, 11) is 0. The number of carbonyl (C=O) groups excluding carboxylic acids is 2. The molecule has 0 saturated carbocycles. The van der Waals surface area contributed by atoms with E-state index >= 15 is 0 Å². The normalized spacial score (nSPS) is 26.6. The quantitative estimate of drug-likeness (QED) is 0.906. The van der Waals surface area contributed by atoms with E-state index < -0.39 is 5.60 Å². The number of nitrogens with one attached hydrogen (secondary N) is 1. The van der Waals surface area contributed by atoms with Gasteiger partial charge in [-0.1, -0.05) is 30.3 Å². The minimum Gasteiger partial charge on any atom is -0.361 e. The van der Waals surface area contributed by atoms with Gasteiger partial charge in [-0.05, 0) is 17.0 Å². The molecule has 2 unspecified atom stereocenters. The van der Waals surface area contributed by atoms with Crippen LogP contribution in [0.5, 0.6) is 0 Å². The summed E-state index contributed by atoms with van der Waals surface area (Å²) in [6.45, 7) is 1.69. The monoisotopic (exact) mass is 342 g/mol. The van der Waals surface area contributed by atoms with Crippen molar-refractivity contribution in [2.45, 2.75) is 11.5 Å². The van der Waals surface area contributed by atoms with Crippen molar-refractivity contribution < 1.29 is 14.3 Å². The molecule has 2 fully saturated rings. The first kappa shape index (κ1) is 15.4. The van der Waals surface area contributed by atoms with E-state index in [2.05, 4.69) is 5.32 Å². The Morgan fingerprint density at radius 1 is 1.29 bits per heavy atom. The SMILES string of the molecule is O=C(c1ccsc1)N1CCOC2(C1)C(=O)NCC2c1ccccc1. The van der Waals surface area contributed by atoms with Crippen LogP contribution in [0.15, 0.2) is 47.2 Å². The number of morpholine rings is 1. The lowest BCUT2D eigenvalue weighted by molar-refractivity contribution is -0.153. The Bertz CT molecular complexity index is 747. The van der Waals surface area contributed by atoms with Gasteiger partial charge in [-0.3, -0.25) is 9.59 Å². The van der Waals surface area contributed by atoms with E-state index in [1.165, 1.54) is 11.3 Å². The van der Waals surface area contributed by atoms with Crippen molar-refractivity contribution in [1.29, 1.82) is 0 Å². The Hall–Kier alpha value is -2.18. The van der Waals surface area contributed by atoms with Gasteiger partial charge >= 0.3 is 0 Å². The molecule has 1 aromatic carbocycles. The van der Waals surface area contributed by atoms with Gasteiger partial charge in [-0.2, -0.15) is 11.3 Å². The van der Waals surface area contributed by atoms with Crippen LogP contribution in [0.3, 0.4) is 0 Å². The molecule has 1 N–H and O–H groups in total. The average Bonchev–Trinajstić information content (AvgIpc) is 3.25. The summed E-state index contributed by atoms with van der Waals surface area (Å²) >= 11 is 1.50. The van der Waals surface area contributed by atoms with E-state index in [9.17, 15) is 9.59 Å². The molecule has 6 heteroatoms. The van der Waals surface area contributed by atoms with Crippen molar-refractivity contribution in [2.24, 2.45) is 0 Å². The second-order valence-electron chi connectivity index (χ2n) is 6.15. The van der Waals surface area contributed by atoms with Crippen molar-refractivity contribution in [1.82, 2.24) is 10.2 Å². The predicted molar refractivity (Wildman–Crippen MR) is 91.1 cm³/mol. The molecule has 0 radical (unpaired) electrons. The Balaban J connectivity index is 1.65. The van der Waals surface area contributed by atoms with E-state index in [1.807, 2.05) is 47.2 Å². The Kier molecular flexibility index (Phi) is 3.86. The van der Waals surface area contributed by atoms with E-state index in [-0.39, 0.29) is 24.3 Å². The molecule has 2 aliphatic rings. The van der Waals surface area contributed by atoms with E-state index in [1.54, 1.807) is 4.90 Å². The second kappa shape index (κ2) is 6.03. The van der Waals surface area contributed by atoms with Gasteiger partial charge in [-0.15, -0.1) is 0 Å². The first-order chi connectivity index (χ1) is 11.7. The van der Waals surface area contributed by atoms with Crippen LogP contribution in [0.2, 0.25) is 0 Å². The largest absolute Gasteiger partial charge is 0.361 e. The molecule has 2 aromatic rings. The number of nitrogens with zero attached hydrogens (tertiary/aromatic N) is 1. The highest BCUT2D eigenvalue weighted by Crippen LogP contribution is 2.38. The first-order valence-electron chi connectivity index (χ1n) is 7.99. The highest BCUT2D eigenvalue weighted by molar-refractivity contribution is 7.08. The van der Waals surface area contributed by atoms with Crippen LogP contribution in [0.4, 0.5) is 0 Å². The molecular weight excluding hydrogens is 324 g/mol. The van der Waals surface area contributed by atoms with Gasteiger partial charge in [0.05, 0.1) is 18.7 Å². The van der Waals surface area contributed by atoms with Gasteiger partial charge in [0, 0.05) is 24.4 Å². The summed E-state index contributed by atoms with van der Waals surface area (Å²) in [5.41, 5.74) is 0.734. The van der Waals surface area contributed by atoms with Gasteiger partial charge in [-0.25, -0.2) is 0 Å². The molecule has 2 amide bonds. The minimum atomic E-state index is -0.995. The topological polar surface area (TPSA) is 58.6 Å². The molecule has 2 aliphatic heterocycles. The lowest BCUT2D eigenvalue weighted by Crippen LogP contribution is -2.59. The molecule has 5 nitrogen and oxygen atoms in total. The zero-order chi connectivity index (χ0) is 16.6. The van der Waals surface area contributed by atoms with Crippen LogP contribution in [-0.4, -0.2) is 48.6 Å². The van der Waals surface area contributed by atoms with Crippen LogP contribution in [0.1, 0.15) is 21.8 Å². The fraction of sp³-hybridized carbons (Fsp3) is 0.333. The Morgan fingerprint density at radius 2 is 2.12 bits per heavy atom. The third kappa shape index (κ3) is 2.42. The summed E-state index contributed by atoms with van der Waals surface area (Å²) < 4.78 is 6.00. The standard InChI is InChI=1S/C18H18N2O3S/c21-16(14-6-9-24-11-14)20-7-8-23-18(12-20)15(10-19-17(18)22)13-4-2-1-3-5-13/h1-6,9,11,15H,7-8,10,12H2,(H,19,22). The van der Waals surface area contributed by atoms with Crippen LogP contribution < -0.4 is 5.32 Å². The molecule has 3 heterocycles. The van der Waals surface area contributed by atoms with Crippen LogP contribution in [0, 0.1) is 0 Å². The van der Waals surface area contributed by atoms with Gasteiger partial charge < -0.3 is 15.0 Å². The Labute approximate surface area is 144 Å². The number of hydrogen-bond acceptors (Lipinski definition) is 4. The summed E-state index contributed by atoms with van der Waals surface area (Å²) in [5.74, 6) is -0.256. The van der Waals surface area contributed by atoms with Gasteiger partial charge in [0.1, 0.15) is 0 Å². The summed E-state index contributed by atoms with van der Waals surface area (Å²) in [6, 6.07) is 11.7. The Morgan fingerprint density at radius 3 is 2.88 bits per heavy atom. The molecule has 0 bridgehead atoms. The highest BCUT2D eigenvalue weighted by Gasteiger charge is 2.55. The predicted octanol–water partition coefficient (Wildman–Crippen LogP) is 1.87. The lowest BCUT2D eigenvalue weighted by Gasteiger charge is -2.41. The second-order valence-corrected chi connectivity index (χ2v) is 6.93. The third-order valence-electron chi connectivity index (χ3n) is 4.82. The maximum Gasteiger partial charge on any atom is 0.254 e. The van der Waals surface area contributed by atoms with E-state index in [0.29, 0.717) is 25.3 Å². The zero-order valence-corrected chi connectivity index (χ0v) is 13.9. The molecule has 1 spiro atoms. The fourth-order valence-electron chi connectivity index (χ4n) is 3.58. The van der Waals surface area contributed by atoms with E-state index in [4.69, 9.17) is 4.74 Å². The highest BCUT2D eigenvalue weighted by atomic mass is 32.1. The maximum atomic E-state index is 12.7. The van der Waals surface area contributed by atoms with Gasteiger partial charge in [0.2, 0.25) is 0 Å². The first-order valence-corrected chi connectivity index (χ1v) is 8.94. The number of ether oxygens (including phenoxy) is 1. The lowest BCUT2D eigenvalue weighted by atomic mass is 9.83. The van der Waals surface area contributed by atoms with Crippen molar-refractivity contribution in [2.75, 3.05) is 26.2 Å². The average molecular weight is 342 g/mol. The summed E-state index contributed by atoms with van der Waals surface area (Å²) in [6.07, 6.45) is 0. The number of amides is 2. The molecule has 2 atom stereocenters. The summed E-state index contributed by atoms with van der Waals surface area (Å²) in [4.78, 5) is 27.1. The third-order valence-corrected chi connectivity index (χ3v) is 5.50. The van der Waals surface area contributed by atoms with Gasteiger partial charge in [0.15, 0.2) is 5.60 Å². The molecular formula is C18H18N2O3S. The molecule has 1 aromatic heterocycles. The number of thiophene rings is 1. The van der Waals surface area contributed by atoms with Crippen molar-refractivity contribution in [3.05, 3.63) is 58.3 Å². The molecule has 124 valence electrons. The minimum absolute atomic E-state index is 0.0366. The zero-order valence-electron chi connectivity index (χ0n) is 13.1. The van der Waals surface area contributed by atoms with Crippen LogP contribution in [-0.2, 0) is 9.53 Å². The van der Waals surface area contributed by atoms with Crippen LogP contribution >= 0.6 is 11.3 Å². The number of benzene rings is 1. The van der Waals surface area contributed by atoms with Crippen molar-refractivity contribution in [3.8, 4) is 0 Å².